The molecule has 0 unspecified atom stereocenters. The molecule has 0 spiro atoms. The van der Waals surface area contributed by atoms with Crippen molar-refractivity contribution >= 4 is 34.1 Å². The summed E-state index contributed by atoms with van der Waals surface area (Å²) in [5.41, 5.74) is 13.4. The van der Waals surface area contributed by atoms with Gasteiger partial charge in [-0.1, -0.05) is 60.7 Å². The van der Waals surface area contributed by atoms with Gasteiger partial charge in [0.15, 0.2) is 0 Å². The number of carbonyl (C=O) groups excluding carboxylic acids is 2. The summed E-state index contributed by atoms with van der Waals surface area (Å²) in [6.45, 7) is 4.07. The SMILES string of the molecule is NCCOCCOCC(=O)Nc1ccc2c(c1)N(C1CCN(Cc3ccc(-c4nc5cc[nH]c(=O)c5cc4-c4ccccc4)cc3)CC1)C(=O)C2. The number of carbonyl (C=O) groups is 2. The van der Waals surface area contributed by atoms with E-state index in [-0.39, 0.29) is 30.0 Å². The number of pyridine rings is 2. The molecule has 4 N–H and O–H groups in total. The second-order valence-corrected chi connectivity index (χ2v) is 13.0. The number of hydrogen-bond donors (Lipinski definition) is 3. The minimum absolute atomic E-state index is 0.0791. The highest BCUT2D eigenvalue weighted by molar-refractivity contribution is 6.03. The Bertz CT molecular complexity index is 2060. The highest BCUT2D eigenvalue weighted by atomic mass is 16.5. The van der Waals surface area contributed by atoms with E-state index in [9.17, 15) is 14.4 Å². The molecule has 0 bridgehead atoms. The summed E-state index contributed by atoms with van der Waals surface area (Å²) in [5.74, 6) is -0.155. The Labute approximate surface area is 296 Å². The molecular weight excluding hydrogens is 644 g/mol. The van der Waals surface area contributed by atoms with Crippen LogP contribution in [0.15, 0.2) is 95.9 Å². The molecule has 2 aliphatic heterocycles. The zero-order chi connectivity index (χ0) is 35.2. The Kier molecular flexibility index (Phi) is 10.6. The number of amides is 2. The first-order chi connectivity index (χ1) is 25.0. The van der Waals surface area contributed by atoms with Crippen molar-refractivity contribution in [2.45, 2.75) is 31.8 Å². The van der Waals surface area contributed by atoms with Crippen LogP contribution < -0.4 is 21.5 Å². The van der Waals surface area contributed by atoms with Crippen molar-refractivity contribution in [2.24, 2.45) is 5.73 Å². The van der Waals surface area contributed by atoms with Gasteiger partial charge >= 0.3 is 0 Å². The van der Waals surface area contributed by atoms with Crippen LogP contribution >= 0.6 is 0 Å². The Morgan fingerprint density at radius 2 is 1.69 bits per heavy atom. The lowest BCUT2D eigenvalue weighted by molar-refractivity contribution is -0.121. The Morgan fingerprint density at radius 1 is 0.902 bits per heavy atom. The fraction of sp³-hybridized carbons (Fsp3) is 0.300. The molecule has 1 saturated heterocycles. The monoisotopic (exact) mass is 686 g/mol. The number of H-pyrrole nitrogens is 1. The van der Waals surface area contributed by atoms with Crippen LogP contribution in [0.5, 0.6) is 0 Å². The molecule has 0 atom stereocenters. The molecule has 262 valence electrons. The average Bonchev–Trinajstić information content (AvgIpc) is 3.48. The standard InChI is InChI=1S/C40H42N6O5/c41-15-19-50-20-21-51-26-37(47)43-31-11-10-30-22-38(48)46(36(30)23-31)32-13-17-45(18-14-32)25-27-6-8-29(9-7-27)39-33(28-4-2-1-3-5-28)24-34-35(44-39)12-16-42-40(34)49/h1-12,16,23-24,32H,13-15,17-22,25-26,41H2,(H,42,49)(H,43,47). The van der Waals surface area contributed by atoms with E-state index in [4.69, 9.17) is 20.2 Å². The van der Waals surface area contributed by atoms with Gasteiger partial charge in [0.1, 0.15) is 6.61 Å². The first-order valence-corrected chi connectivity index (χ1v) is 17.5. The molecule has 4 heterocycles. The van der Waals surface area contributed by atoms with E-state index in [1.807, 2.05) is 65.6 Å². The van der Waals surface area contributed by atoms with Crippen molar-refractivity contribution < 1.29 is 19.1 Å². The zero-order valence-corrected chi connectivity index (χ0v) is 28.5. The average molecular weight is 687 g/mol. The van der Waals surface area contributed by atoms with Crippen LogP contribution in [0.3, 0.4) is 0 Å². The van der Waals surface area contributed by atoms with Gasteiger partial charge in [0.2, 0.25) is 11.8 Å². The van der Waals surface area contributed by atoms with Crippen molar-refractivity contribution in [1.82, 2.24) is 14.9 Å². The number of aromatic amines is 1. The molecule has 2 amide bonds. The zero-order valence-electron chi connectivity index (χ0n) is 28.5. The predicted molar refractivity (Wildman–Crippen MR) is 198 cm³/mol. The second-order valence-electron chi connectivity index (χ2n) is 13.0. The summed E-state index contributed by atoms with van der Waals surface area (Å²) < 4.78 is 10.7. The number of aromatic nitrogens is 2. The smallest absolute Gasteiger partial charge is 0.257 e. The van der Waals surface area contributed by atoms with E-state index in [2.05, 4.69) is 39.5 Å². The molecule has 5 aromatic rings. The Morgan fingerprint density at radius 3 is 2.47 bits per heavy atom. The molecule has 0 saturated carbocycles. The van der Waals surface area contributed by atoms with Gasteiger partial charge in [-0.15, -0.1) is 0 Å². The van der Waals surface area contributed by atoms with E-state index in [1.54, 1.807) is 6.20 Å². The van der Waals surface area contributed by atoms with Crippen molar-refractivity contribution in [1.29, 1.82) is 0 Å². The summed E-state index contributed by atoms with van der Waals surface area (Å²) in [4.78, 5) is 50.3. The normalized spacial score (nSPS) is 15.0. The van der Waals surface area contributed by atoms with E-state index < -0.39 is 0 Å². The summed E-state index contributed by atoms with van der Waals surface area (Å²) in [7, 11) is 0. The van der Waals surface area contributed by atoms with E-state index in [0.717, 1.165) is 66.1 Å². The molecule has 2 aromatic heterocycles. The highest BCUT2D eigenvalue weighted by Crippen LogP contribution is 2.36. The third-order valence-corrected chi connectivity index (χ3v) is 9.50. The highest BCUT2D eigenvalue weighted by Gasteiger charge is 2.35. The maximum Gasteiger partial charge on any atom is 0.257 e. The molecule has 11 nitrogen and oxygen atoms in total. The fourth-order valence-corrected chi connectivity index (χ4v) is 6.99. The number of nitrogens with zero attached hydrogens (tertiary/aromatic N) is 3. The minimum Gasteiger partial charge on any atom is -0.378 e. The molecule has 2 aliphatic rings. The number of fused-ring (bicyclic) bond motifs is 2. The van der Waals surface area contributed by atoms with Gasteiger partial charge < -0.3 is 30.4 Å². The van der Waals surface area contributed by atoms with E-state index in [0.29, 0.717) is 49.4 Å². The third kappa shape index (κ3) is 7.92. The molecule has 0 aliphatic carbocycles. The topological polar surface area (TPSA) is 143 Å². The second kappa shape index (κ2) is 15.8. The molecular formula is C40H42N6O5. The van der Waals surface area contributed by atoms with Gasteiger partial charge in [0.25, 0.3) is 5.56 Å². The lowest BCUT2D eigenvalue weighted by Gasteiger charge is -2.37. The number of ether oxygens (including phenoxy) is 2. The lowest BCUT2D eigenvalue weighted by Crippen LogP contribution is -2.46. The Hall–Kier alpha value is -5.20. The summed E-state index contributed by atoms with van der Waals surface area (Å²) in [5, 5.41) is 3.46. The number of benzene rings is 3. The molecule has 11 heteroatoms. The van der Waals surface area contributed by atoms with Gasteiger partial charge in [0.05, 0.1) is 42.8 Å². The summed E-state index contributed by atoms with van der Waals surface area (Å²) in [6.07, 6.45) is 3.73. The predicted octanol–water partition coefficient (Wildman–Crippen LogP) is 4.74. The number of hydrogen-bond acceptors (Lipinski definition) is 8. The van der Waals surface area contributed by atoms with Crippen LogP contribution in [0.2, 0.25) is 0 Å². The number of nitrogens with one attached hydrogen (secondary N) is 2. The van der Waals surface area contributed by atoms with E-state index in [1.165, 1.54) is 5.56 Å². The minimum atomic E-state index is -0.257. The van der Waals surface area contributed by atoms with Crippen LogP contribution in [0.1, 0.15) is 24.0 Å². The largest absolute Gasteiger partial charge is 0.378 e. The number of rotatable bonds is 13. The fourth-order valence-electron chi connectivity index (χ4n) is 6.99. The third-order valence-electron chi connectivity index (χ3n) is 9.50. The van der Waals surface area contributed by atoms with Crippen LogP contribution in [0.25, 0.3) is 33.3 Å². The van der Waals surface area contributed by atoms with Crippen molar-refractivity contribution in [2.75, 3.05) is 56.3 Å². The van der Waals surface area contributed by atoms with Crippen molar-refractivity contribution in [3.8, 4) is 22.4 Å². The van der Waals surface area contributed by atoms with Crippen LogP contribution in [-0.4, -0.2) is 78.8 Å². The maximum absolute atomic E-state index is 13.2. The van der Waals surface area contributed by atoms with Gasteiger partial charge in [0, 0.05) is 60.9 Å². The summed E-state index contributed by atoms with van der Waals surface area (Å²) >= 11 is 0. The lowest BCUT2D eigenvalue weighted by atomic mass is 9.97. The molecule has 0 radical (unpaired) electrons. The summed E-state index contributed by atoms with van der Waals surface area (Å²) in [6, 6.07) is 28.1. The number of likely N-dealkylation sites (tertiary alicyclic amines) is 1. The van der Waals surface area contributed by atoms with Gasteiger partial charge in [-0.2, -0.15) is 0 Å². The van der Waals surface area contributed by atoms with Crippen molar-refractivity contribution in [3.63, 3.8) is 0 Å². The number of piperidine rings is 1. The van der Waals surface area contributed by atoms with Crippen molar-refractivity contribution in [3.05, 3.63) is 113 Å². The Balaban J connectivity index is 0.976. The molecule has 7 rings (SSSR count). The van der Waals surface area contributed by atoms with Gasteiger partial charge in [-0.25, -0.2) is 4.98 Å². The van der Waals surface area contributed by atoms with Crippen LogP contribution in [0, 0.1) is 0 Å². The maximum atomic E-state index is 13.2. The molecule has 1 fully saturated rings. The van der Waals surface area contributed by atoms with Crippen LogP contribution in [-0.2, 0) is 32.0 Å². The van der Waals surface area contributed by atoms with E-state index >= 15 is 0 Å². The first-order valence-electron chi connectivity index (χ1n) is 17.5. The molecule has 51 heavy (non-hydrogen) atoms. The first kappa shape index (κ1) is 34.3. The van der Waals surface area contributed by atoms with Gasteiger partial charge in [-0.05, 0) is 53.8 Å². The number of nitrogens with two attached hydrogens (primary N) is 1. The van der Waals surface area contributed by atoms with Crippen LogP contribution in [0.4, 0.5) is 11.4 Å². The number of anilines is 2. The van der Waals surface area contributed by atoms with Gasteiger partial charge in [-0.3, -0.25) is 19.3 Å². The quantitative estimate of drug-likeness (QED) is 0.151. The molecule has 3 aromatic carbocycles.